The van der Waals surface area contributed by atoms with Gasteiger partial charge in [-0.1, -0.05) is 99.1 Å². The maximum absolute atomic E-state index is 13.8. The van der Waals surface area contributed by atoms with Gasteiger partial charge >= 0.3 is 0 Å². The van der Waals surface area contributed by atoms with Crippen LogP contribution in [0.25, 0.3) is 0 Å². The van der Waals surface area contributed by atoms with Crippen molar-refractivity contribution < 1.29 is 29.1 Å². The Morgan fingerprint density at radius 3 is 1.75 bits per heavy atom. The van der Waals surface area contributed by atoms with Gasteiger partial charge < -0.3 is 31.7 Å². The molecule has 0 heterocycles. The van der Waals surface area contributed by atoms with E-state index >= 15 is 0 Å². The molecule has 0 saturated heterocycles. The molecule has 0 bridgehead atoms. The molecular weight excluding hydrogens is 610 g/mol. The predicted octanol–water partition coefficient (Wildman–Crippen LogP) is 3.77. The lowest BCUT2D eigenvalue weighted by atomic mass is 9.96. The fourth-order valence-electron chi connectivity index (χ4n) is 5.48. The summed E-state index contributed by atoms with van der Waals surface area (Å²) in [6.45, 7) is 17.3. The molecule has 0 spiro atoms. The largest absolute Gasteiger partial charge is 0.390 e. The first-order valence-corrected chi connectivity index (χ1v) is 17.8. The van der Waals surface area contributed by atoms with Crippen LogP contribution in [0.2, 0.25) is 0 Å². The van der Waals surface area contributed by atoms with Gasteiger partial charge in [-0.05, 0) is 55.4 Å². The summed E-state index contributed by atoms with van der Waals surface area (Å²) >= 11 is 0. The molecule has 0 radical (unpaired) electrons. The highest BCUT2D eigenvalue weighted by atomic mass is 16.3. The van der Waals surface area contributed by atoms with Crippen molar-refractivity contribution in [1.29, 1.82) is 0 Å². The molecule has 0 aliphatic carbocycles. The molecule has 1 aromatic carbocycles. The van der Waals surface area contributed by atoms with Crippen LogP contribution in [-0.2, 0) is 30.4 Å². The molecule has 48 heavy (non-hydrogen) atoms. The number of amides is 5. The average molecular weight is 674 g/mol. The topological polar surface area (TPSA) is 166 Å². The monoisotopic (exact) mass is 673 g/mol. The molecule has 272 valence electrons. The van der Waals surface area contributed by atoms with Crippen LogP contribution in [-0.4, -0.2) is 71.0 Å². The molecule has 0 aliphatic rings. The first kappa shape index (κ1) is 42.6. The van der Waals surface area contributed by atoms with Crippen LogP contribution in [0.1, 0.15) is 113 Å². The van der Waals surface area contributed by atoms with Gasteiger partial charge in [-0.2, -0.15) is 0 Å². The van der Waals surface area contributed by atoms with Gasteiger partial charge in [0.05, 0.1) is 18.6 Å². The van der Waals surface area contributed by atoms with Crippen molar-refractivity contribution in [3.05, 3.63) is 35.9 Å². The van der Waals surface area contributed by atoms with Gasteiger partial charge in [-0.3, -0.25) is 24.0 Å². The molecule has 0 aromatic heterocycles. The number of benzene rings is 1. The lowest BCUT2D eigenvalue weighted by Gasteiger charge is -2.30. The summed E-state index contributed by atoms with van der Waals surface area (Å²) < 4.78 is 0. The van der Waals surface area contributed by atoms with Crippen LogP contribution in [0.15, 0.2) is 30.3 Å². The van der Waals surface area contributed by atoms with Gasteiger partial charge in [0, 0.05) is 12.5 Å². The van der Waals surface area contributed by atoms with Gasteiger partial charge in [0.2, 0.25) is 29.5 Å². The number of hydrogen-bond acceptors (Lipinski definition) is 6. The van der Waals surface area contributed by atoms with E-state index in [9.17, 15) is 29.1 Å². The van der Waals surface area contributed by atoms with Gasteiger partial charge in [0.1, 0.15) is 18.1 Å². The Bertz CT molecular complexity index is 1140. The minimum Gasteiger partial charge on any atom is -0.390 e. The molecule has 1 rings (SSSR count). The zero-order chi connectivity index (χ0) is 36.4. The molecule has 11 nitrogen and oxygen atoms in total. The minimum absolute atomic E-state index is 0.0103. The summed E-state index contributed by atoms with van der Waals surface area (Å²) in [5.41, 5.74) is 0.839. The van der Waals surface area contributed by atoms with Crippen LogP contribution in [0, 0.1) is 17.8 Å². The predicted molar refractivity (Wildman–Crippen MR) is 190 cm³/mol. The Labute approximate surface area is 288 Å². The lowest BCUT2D eigenvalue weighted by molar-refractivity contribution is -0.134. The van der Waals surface area contributed by atoms with Crippen LogP contribution < -0.4 is 26.6 Å². The molecule has 6 N–H and O–H groups in total. The SMILES string of the molecule is CCC[C@H](NC(=O)C[C@H](O)[C@H](Cc1ccccc1)NC(=O)[C@@H](NC(=O)[C@H](CC(C)C)NC(=O)CC(C)C)C(C)C)C(=O)NC(CC)CC. The van der Waals surface area contributed by atoms with Crippen molar-refractivity contribution in [1.82, 2.24) is 26.6 Å². The summed E-state index contributed by atoms with van der Waals surface area (Å²) in [7, 11) is 0. The molecule has 0 fully saturated rings. The first-order chi connectivity index (χ1) is 22.6. The third-order valence-electron chi connectivity index (χ3n) is 8.25. The lowest BCUT2D eigenvalue weighted by Crippen LogP contribution is -2.58. The first-order valence-electron chi connectivity index (χ1n) is 17.8. The fraction of sp³-hybridized carbons (Fsp3) is 0.703. The smallest absolute Gasteiger partial charge is 0.243 e. The molecule has 1 aromatic rings. The van der Waals surface area contributed by atoms with Crippen molar-refractivity contribution >= 4 is 29.5 Å². The highest BCUT2D eigenvalue weighted by Gasteiger charge is 2.33. The molecule has 5 amide bonds. The third kappa shape index (κ3) is 16.1. The summed E-state index contributed by atoms with van der Waals surface area (Å²) in [5, 5.41) is 25.7. The van der Waals surface area contributed by atoms with E-state index < -0.39 is 48.0 Å². The van der Waals surface area contributed by atoms with E-state index in [1.54, 1.807) is 13.8 Å². The Morgan fingerprint density at radius 1 is 0.667 bits per heavy atom. The summed E-state index contributed by atoms with van der Waals surface area (Å²) in [4.78, 5) is 65.9. The van der Waals surface area contributed by atoms with Crippen molar-refractivity contribution in [2.24, 2.45) is 17.8 Å². The van der Waals surface area contributed by atoms with Crippen LogP contribution in [0.3, 0.4) is 0 Å². The summed E-state index contributed by atoms with van der Waals surface area (Å²) in [5.74, 6) is -2.03. The van der Waals surface area contributed by atoms with E-state index in [-0.39, 0.29) is 54.9 Å². The summed E-state index contributed by atoms with van der Waals surface area (Å²) in [6.07, 6.45) is 1.97. The van der Waals surface area contributed by atoms with E-state index in [1.807, 2.05) is 78.8 Å². The van der Waals surface area contributed by atoms with Crippen LogP contribution >= 0.6 is 0 Å². The maximum Gasteiger partial charge on any atom is 0.243 e. The van der Waals surface area contributed by atoms with E-state index in [2.05, 4.69) is 26.6 Å². The van der Waals surface area contributed by atoms with Gasteiger partial charge in [-0.15, -0.1) is 0 Å². The third-order valence-corrected chi connectivity index (χ3v) is 8.25. The highest BCUT2D eigenvalue weighted by Crippen LogP contribution is 2.13. The second kappa shape index (κ2) is 22.2. The van der Waals surface area contributed by atoms with E-state index in [0.717, 1.165) is 18.4 Å². The van der Waals surface area contributed by atoms with Crippen molar-refractivity contribution in [3.63, 3.8) is 0 Å². The molecule has 5 atom stereocenters. The highest BCUT2D eigenvalue weighted by molar-refractivity contribution is 5.92. The number of hydrogen-bond donors (Lipinski definition) is 6. The number of nitrogens with one attached hydrogen (secondary N) is 5. The molecule has 0 unspecified atom stereocenters. The van der Waals surface area contributed by atoms with Crippen molar-refractivity contribution in [2.75, 3.05) is 0 Å². The van der Waals surface area contributed by atoms with Gasteiger partial charge in [0.15, 0.2) is 0 Å². The Hall–Kier alpha value is -3.47. The average Bonchev–Trinajstić information content (AvgIpc) is 3.00. The fourth-order valence-corrected chi connectivity index (χ4v) is 5.48. The van der Waals surface area contributed by atoms with Crippen molar-refractivity contribution in [3.8, 4) is 0 Å². The maximum atomic E-state index is 13.8. The Kier molecular flexibility index (Phi) is 19.7. The van der Waals surface area contributed by atoms with Crippen LogP contribution in [0.4, 0.5) is 0 Å². The molecule has 0 aliphatic heterocycles. The molecule has 11 heteroatoms. The Morgan fingerprint density at radius 2 is 1.23 bits per heavy atom. The Balaban J connectivity index is 3.16. The van der Waals surface area contributed by atoms with E-state index in [1.165, 1.54) is 0 Å². The minimum atomic E-state index is -1.29. The number of rotatable bonds is 22. The number of aliphatic hydroxyl groups is 1. The van der Waals surface area contributed by atoms with Crippen LogP contribution in [0.5, 0.6) is 0 Å². The van der Waals surface area contributed by atoms with Gasteiger partial charge in [0.25, 0.3) is 0 Å². The van der Waals surface area contributed by atoms with Crippen molar-refractivity contribution in [2.45, 2.75) is 150 Å². The van der Waals surface area contributed by atoms with Gasteiger partial charge in [-0.25, -0.2) is 0 Å². The zero-order valence-corrected chi connectivity index (χ0v) is 30.7. The number of aliphatic hydroxyl groups excluding tert-OH is 1. The second-order valence-corrected chi connectivity index (χ2v) is 14.1. The quantitative estimate of drug-likeness (QED) is 0.110. The number of carbonyl (C=O) groups excluding carboxylic acids is 5. The second-order valence-electron chi connectivity index (χ2n) is 14.1. The normalized spacial score (nSPS) is 14.6. The molecule has 0 saturated carbocycles. The van der Waals surface area contributed by atoms with E-state index in [4.69, 9.17) is 0 Å². The van der Waals surface area contributed by atoms with E-state index in [0.29, 0.717) is 19.3 Å². The zero-order valence-electron chi connectivity index (χ0n) is 30.7. The molecular formula is C37H63N5O6. The standard InChI is InChI=1S/C37H63N5O6/c1-10-16-28(35(46)38-27(11-2)12-3)39-33(45)22-31(43)29(21-26-17-14-13-15-18-26)41-37(48)34(25(8)9)42-36(47)30(19-23(4)5)40-32(44)20-24(6)7/h13-15,17-18,23-25,27-31,34,43H,10-12,16,19-22H2,1-9H3,(H,38,46)(H,39,45)(H,40,44)(H,41,48)(H,42,47)/t28-,29-,30-,31-,34-/m0/s1. The number of carbonyl (C=O) groups is 5. The summed E-state index contributed by atoms with van der Waals surface area (Å²) in [6, 6.07) is 5.92.